The number of carbonyl (C=O) groups is 5. The summed E-state index contributed by atoms with van der Waals surface area (Å²) < 4.78 is 30.6. The molecule has 1 aromatic carbocycles. The molecule has 0 bridgehead atoms. The number of aliphatic hydroxyl groups excluding tert-OH is 1. The third kappa shape index (κ3) is 5.19. The van der Waals surface area contributed by atoms with Crippen molar-refractivity contribution >= 4 is 29.7 Å². The molecule has 4 aliphatic rings. The second-order valence-electron chi connectivity index (χ2n) is 14.1. The first-order chi connectivity index (χ1) is 21.8. The molecule has 256 valence electrons. The summed E-state index contributed by atoms with van der Waals surface area (Å²) >= 11 is 0. The maximum atomic E-state index is 15.0. The molecule has 1 heterocycles. The number of aliphatic hydroxyl groups is 2. The van der Waals surface area contributed by atoms with Gasteiger partial charge in [-0.3, -0.25) is 24.0 Å². The molecule has 5 rings (SSSR count). The van der Waals surface area contributed by atoms with Gasteiger partial charge in [0.05, 0.1) is 41.0 Å². The minimum Gasteiger partial charge on any atom is -0.462 e. The molecule has 0 radical (unpaired) electrons. The van der Waals surface area contributed by atoms with Gasteiger partial charge in [-0.05, 0) is 38.3 Å². The summed E-state index contributed by atoms with van der Waals surface area (Å²) in [5.41, 5.74) is -5.82. The summed E-state index contributed by atoms with van der Waals surface area (Å²) in [6.45, 7) is 11.0. The van der Waals surface area contributed by atoms with E-state index in [1.54, 1.807) is 44.2 Å². The van der Waals surface area contributed by atoms with Crippen LogP contribution in [0.1, 0.15) is 78.6 Å². The Hall–Kier alpha value is -3.61. The molecule has 2 N–H and O–H groups in total. The molecule has 47 heavy (non-hydrogen) atoms. The fraction of sp³-hybridized carbons (Fsp3) is 0.629. The van der Waals surface area contributed by atoms with E-state index in [1.807, 2.05) is 0 Å². The highest BCUT2D eigenvalue weighted by molar-refractivity contribution is 6.01. The summed E-state index contributed by atoms with van der Waals surface area (Å²) in [7, 11) is 0. The normalized spacial score (nSPS) is 37.6. The van der Waals surface area contributed by atoms with Crippen LogP contribution in [0.3, 0.4) is 0 Å². The third-order valence-electron chi connectivity index (χ3n) is 11.0. The van der Waals surface area contributed by atoms with Crippen LogP contribution in [0.2, 0.25) is 0 Å². The van der Waals surface area contributed by atoms with E-state index in [0.29, 0.717) is 5.57 Å². The standard InChI is InChI=1S/C35H44O12/c1-17-23(40)15-34(32(6,7)42)27(17)26(28(41)22-12-10-9-11-13-22)30(45-19(3)37)33(8)24(44-18(2)36)14-25-35(16-43-25,47-21(5)39)29(33)31(34)46-20(4)38/h9-13,23-26,29-31,40,42H,14-16H2,1-8H3/t23-,24-,25+,26-,29-,30-,31-,33+,34+,35-/m0/s1. The highest BCUT2D eigenvalue weighted by Crippen LogP contribution is 2.69. The quantitative estimate of drug-likeness (QED) is 0.191. The van der Waals surface area contributed by atoms with E-state index < -0.39 is 94.0 Å². The number of carbonyl (C=O) groups excluding carboxylic acids is 5. The first-order valence-electron chi connectivity index (χ1n) is 15.9. The van der Waals surface area contributed by atoms with Crippen molar-refractivity contribution in [2.75, 3.05) is 6.61 Å². The smallest absolute Gasteiger partial charge is 0.303 e. The lowest BCUT2D eigenvalue weighted by molar-refractivity contribution is -0.352. The molecule has 2 saturated carbocycles. The zero-order valence-electron chi connectivity index (χ0n) is 28.0. The molecule has 12 heteroatoms. The van der Waals surface area contributed by atoms with Gasteiger partial charge in [0.1, 0.15) is 24.4 Å². The minimum absolute atomic E-state index is 0.00711. The first-order valence-corrected chi connectivity index (χ1v) is 15.9. The average molecular weight is 657 g/mol. The van der Waals surface area contributed by atoms with Gasteiger partial charge in [-0.2, -0.15) is 0 Å². The fourth-order valence-corrected chi connectivity index (χ4v) is 9.23. The van der Waals surface area contributed by atoms with Crippen LogP contribution in [0, 0.1) is 22.7 Å². The first kappa shape index (κ1) is 34.7. The number of esters is 4. The molecule has 10 atom stereocenters. The van der Waals surface area contributed by atoms with Crippen LogP contribution in [-0.2, 0) is 42.9 Å². The molecule has 1 saturated heterocycles. The SMILES string of the molecule is CC(=O)O[C@H]1C[C@H]2OC[C@@]2(OC(C)=O)[C@H]2[C@H](OC(C)=O)[C@@]3(C(C)(C)O)C[C@H](O)C(C)=C3[C@@H](C(=O)c3ccccc3)[C@H](OC(C)=O)[C@]12C. The summed E-state index contributed by atoms with van der Waals surface area (Å²) in [6.07, 6.45) is -6.22. The second kappa shape index (κ2) is 11.8. The molecule has 0 unspecified atom stereocenters. The Morgan fingerprint density at radius 3 is 1.96 bits per heavy atom. The van der Waals surface area contributed by atoms with Gasteiger partial charge >= 0.3 is 23.9 Å². The molecule has 0 spiro atoms. The second-order valence-corrected chi connectivity index (χ2v) is 14.1. The maximum absolute atomic E-state index is 15.0. The van der Waals surface area contributed by atoms with Crippen LogP contribution in [0.25, 0.3) is 0 Å². The molecule has 1 aromatic rings. The van der Waals surface area contributed by atoms with Crippen molar-refractivity contribution in [1.29, 1.82) is 0 Å². The summed E-state index contributed by atoms with van der Waals surface area (Å²) in [5, 5.41) is 23.9. The summed E-state index contributed by atoms with van der Waals surface area (Å²) in [4.78, 5) is 66.8. The van der Waals surface area contributed by atoms with E-state index >= 15 is 0 Å². The van der Waals surface area contributed by atoms with Crippen LogP contribution in [0.15, 0.2) is 41.5 Å². The fourth-order valence-electron chi connectivity index (χ4n) is 9.23. The molecule has 0 aromatic heterocycles. The molecule has 0 amide bonds. The predicted molar refractivity (Wildman–Crippen MR) is 163 cm³/mol. The number of hydrogen-bond donors (Lipinski definition) is 2. The Bertz CT molecular complexity index is 1510. The van der Waals surface area contributed by atoms with E-state index in [-0.39, 0.29) is 30.6 Å². The minimum atomic E-state index is -1.81. The zero-order chi connectivity index (χ0) is 34.9. The van der Waals surface area contributed by atoms with Crippen LogP contribution in [-0.4, -0.2) is 88.2 Å². The summed E-state index contributed by atoms with van der Waals surface area (Å²) in [6, 6.07) is 8.31. The molecule has 3 fully saturated rings. The van der Waals surface area contributed by atoms with Gasteiger partial charge in [0.15, 0.2) is 11.4 Å². The van der Waals surface area contributed by atoms with Crippen molar-refractivity contribution in [3.8, 4) is 0 Å². The van der Waals surface area contributed by atoms with Crippen LogP contribution in [0.5, 0.6) is 0 Å². The number of hydrogen-bond acceptors (Lipinski definition) is 12. The van der Waals surface area contributed by atoms with Crippen molar-refractivity contribution < 1.29 is 57.9 Å². The Balaban J connectivity index is 1.99. The van der Waals surface area contributed by atoms with E-state index in [4.69, 9.17) is 23.7 Å². The number of ketones is 1. The van der Waals surface area contributed by atoms with Gasteiger partial charge in [-0.15, -0.1) is 0 Å². The Morgan fingerprint density at radius 1 is 0.894 bits per heavy atom. The van der Waals surface area contributed by atoms with Crippen molar-refractivity contribution in [3.05, 3.63) is 47.0 Å². The van der Waals surface area contributed by atoms with E-state index in [1.165, 1.54) is 41.5 Å². The number of ether oxygens (including phenoxy) is 5. The van der Waals surface area contributed by atoms with Gasteiger partial charge in [0, 0.05) is 39.7 Å². The lowest BCUT2D eigenvalue weighted by atomic mass is 9.49. The Labute approximate surface area is 273 Å². The van der Waals surface area contributed by atoms with E-state index in [9.17, 15) is 34.2 Å². The highest BCUT2D eigenvalue weighted by atomic mass is 16.6. The lowest BCUT2D eigenvalue weighted by Crippen LogP contribution is -2.79. The van der Waals surface area contributed by atoms with Crippen LogP contribution in [0.4, 0.5) is 0 Å². The predicted octanol–water partition coefficient (Wildman–Crippen LogP) is 2.86. The largest absolute Gasteiger partial charge is 0.462 e. The van der Waals surface area contributed by atoms with E-state index in [0.717, 1.165) is 0 Å². The number of benzene rings is 1. The topological polar surface area (TPSA) is 172 Å². The van der Waals surface area contributed by atoms with Gasteiger partial charge in [0.2, 0.25) is 0 Å². The monoisotopic (exact) mass is 656 g/mol. The third-order valence-corrected chi connectivity index (χ3v) is 11.0. The molecule has 12 nitrogen and oxygen atoms in total. The van der Waals surface area contributed by atoms with Gasteiger partial charge in [-0.25, -0.2) is 0 Å². The van der Waals surface area contributed by atoms with Crippen molar-refractivity contribution in [1.82, 2.24) is 0 Å². The number of rotatable bonds is 7. The maximum Gasteiger partial charge on any atom is 0.303 e. The molecule has 1 aliphatic heterocycles. The van der Waals surface area contributed by atoms with E-state index in [2.05, 4.69) is 0 Å². The van der Waals surface area contributed by atoms with Crippen molar-refractivity contribution in [2.24, 2.45) is 22.7 Å². The van der Waals surface area contributed by atoms with Crippen molar-refractivity contribution in [3.63, 3.8) is 0 Å². The Morgan fingerprint density at radius 2 is 1.47 bits per heavy atom. The van der Waals surface area contributed by atoms with Gasteiger partial charge in [0.25, 0.3) is 0 Å². The number of fused-ring (bicyclic) bond motifs is 4. The van der Waals surface area contributed by atoms with Gasteiger partial charge in [-0.1, -0.05) is 37.3 Å². The van der Waals surface area contributed by atoms with Crippen molar-refractivity contribution in [2.45, 2.75) is 110 Å². The van der Waals surface area contributed by atoms with Crippen LogP contribution >= 0.6 is 0 Å². The van der Waals surface area contributed by atoms with Crippen LogP contribution < -0.4 is 0 Å². The zero-order valence-corrected chi connectivity index (χ0v) is 28.0. The molecular weight excluding hydrogens is 612 g/mol. The molecule has 3 aliphatic carbocycles. The highest BCUT2D eigenvalue weighted by Gasteiger charge is 2.80. The lowest BCUT2D eigenvalue weighted by Gasteiger charge is -2.65. The Kier molecular flexibility index (Phi) is 8.73. The molecular formula is C35H44O12. The number of Topliss-reactive ketones (excluding diaryl/α,β-unsaturated/α-hetero) is 1. The van der Waals surface area contributed by atoms with Gasteiger partial charge < -0.3 is 33.9 Å². The summed E-state index contributed by atoms with van der Waals surface area (Å²) in [5.74, 6) is -5.91. The average Bonchev–Trinajstić information content (AvgIpc) is 3.18.